The molecule has 2 heterocycles. The van der Waals surface area contributed by atoms with Gasteiger partial charge in [-0.05, 0) is 31.4 Å². The highest BCUT2D eigenvalue weighted by atomic mass is 32.1. The molecule has 0 saturated heterocycles. The van der Waals surface area contributed by atoms with Gasteiger partial charge < -0.3 is 10.1 Å². The van der Waals surface area contributed by atoms with Gasteiger partial charge in [-0.25, -0.2) is 4.98 Å². The molecule has 1 N–H and O–H groups in total. The predicted molar refractivity (Wildman–Crippen MR) is 97.4 cm³/mol. The number of pyridine rings is 1. The fraction of sp³-hybridized carbons (Fsp3) is 0.368. The Hall–Kier alpha value is -2.03. The number of rotatable bonds is 4. The lowest BCUT2D eigenvalue weighted by molar-refractivity contribution is -0.0400. The summed E-state index contributed by atoms with van der Waals surface area (Å²) in [5.74, 6) is 0.778. The van der Waals surface area contributed by atoms with Crippen LogP contribution in [0.4, 0.5) is 5.82 Å². The van der Waals surface area contributed by atoms with Crippen LogP contribution in [0.15, 0.2) is 35.4 Å². The quantitative estimate of drug-likeness (QED) is 0.833. The largest absolute Gasteiger partial charge is 0.370 e. The number of hydrogen-bond donors (Lipinski definition) is 2. The highest BCUT2D eigenvalue weighted by molar-refractivity contribution is 7.80. The first-order valence-corrected chi connectivity index (χ1v) is 8.51. The monoisotopic (exact) mass is 339 g/mol. The summed E-state index contributed by atoms with van der Waals surface area (Å²) in [4.78, 5) is 4.49. The molecule has 0 radical (unpaired) electrons. The lowest BCUT2D eigenvalue weighted by Crippen LogP contribution is -2.33. The fourth-order valence-electron chi connectivity index (χ4n) is 2.99. The van der Waals surface area contributed by atoms with Crippen LogP contribution in [0.2, 0.25) is 0 Å². The molecule has 1 aliphatic rings. The van der Waals surface area contributed by atoms with E-state index in [0.717, 1.165) is 29.9 Å². The minimum absolute atomic E-state index is 0.276. The molecule has 5 heteroatoms. The molecule has 0 unspecified atom stereocenters. The van der Waals surface area contributed by atoms with E-state index in [9.17, 15) is 5.26 Å². The summed E-state index contributed by atoms with van der Waals surface area (Å²) in [7, 11) is 0. The molecule has 0 aliphatic carbocycles. The van der Waals surface area contributed by atoms with Crippen molar-refractivity contribution in [3.05, 3.63) is 52.6 Å². The number of thiol groups is 1. The third-order valence-electron chi connectivity index (χ3n) is 4.26. The van der Waals surface area contributed by atoms with E-state index in [1.165, 1.54) is 5.56 Å². The first kappa shape index (κ1) is 16.8. The SMILES string of the molecule is CC1(C)Cc2c(C#N)c(S)nc(NCCc3ccccc3)c2CO1. The molecule has 2 aromatic rings. The topological polar surface area (TPSA) is 57.9 Å². The second-order valence-corrected chi connectivity index (χ2v) is 7.04. The summed E-state index contributed by atoms with van der Waals surface area (Å²) >= 11 is 4.42. The van der Waals surface area contributed by atoms with Gasteiger partial charge in [0.25, 0.3) is 0 Å². The molecule has 1 aliphatic heterocycles. The maximum absolute atomic E-state index is 9.46. The normalized spacial score (nSPS) is 15.4. The zero-order valence-electron chi connectivity index (χ0n) is 14.0. The Morgan fingerprint density at radius 1 is 1.29 bits per heavy atom. The average Bonchev–Trinajstić information content (AvgIpc) is 2.55. The Morgan fingerprint density at radius 3 is 2.75 bits per heavy atom. The lowest BCUT2D eigenvalue weighted by Gasteiger charge is -2.33. The van der Waals surface area contributed by atoms with E-state index in [2.05, 4.69) is 41.1 Å². The minimum Gasteiger partial charge on any atom is -0.370 e. The zero-order valence-corrected chi connectivity index (χ0v) is 14.9. The molecule has 0 fully saturated rings. The Kier molecular flexibility index (Phi) is 4.79. The summed E-state index contributed by atoms with van der Waals surface area (Å²) in [5, 5.41) is 13.3. The van der Waals surface area contributed by atoms with E-state index in [1.54, 1.807) is 0 Å². The molecule has 1 aromatic carbocycles. The Balaban J connectivity index is 1.84. The second kappa shape index (κ2) is 6.84. The number of hydrogen-bond acceptors (Lipinski definition) is 5. The maximum atomic E-state index is 9.46. The van der Waals surface area contributed by atoms with Crippen molar-refractivity contribution < 1.29 is 4.74 Å². The molecule has 1 aromatic heterocycles. The van der Waals surface area contributed by atoms with Gasteiger partial charge in [-0.15, -0.1) is 12.6 Å². The summed E-state index contributed by atoms with van der Waals surface area (Å²) in [6, 6.07) is 12.6. The molecule has 0 saturated carbocycles. The number of benzene rings is 1. The molecule has 3 rings (SSSR count). The molecular weight excluding hydrogens is 318 g/mol. The first-order chi connectivity index (χ1) is 11.5. The van der Waals surface area contributed by atoms with Crippen LogP contribution in [0, 0.1) is 11.3 Å². The third-order valence-corrected chi connectivity index (χ3v) is 4.59. The molecule has 0 bridgehead atoms. The van der Waals surface area contributed by atoms with Crippen LogP contribution in [-0.2, 0) is 24.2 Å². The van der Waals surface area contributed by atoms with Gasteiger partial charge >= 0.3 is 0 Å². The van der Waals surface area contributed by atoms with E-state index < -0.39 is 0 Å². The van der Waals surface area contributed by atoms with E-state index >= 15 is 0 Å². The van der Waals surface area contributed by atoms with Gasteiger partial charge in [0, 0.05) is 18.5 Å². The molecule has 0 atom stereocenters. The highest BCUT2D eigenvalue weighted by Crippen LogP contribution is 2.35. The zero-order chi connectivity index (χ0) is 17.2. The van der Waals surface area contributed by atoms with Crippen LogP contribution in [0.25, 0.3) is 0 Å². The lowest BCUT2D eigenvalue weighted by atomic mass is 9.89. The van der Waals surface area contributed by atoms with Gasteiger partial charge in [0.1, 0.15) is 16.9 Å². The van der Waals surface area contributed by atoms with Crippen molar-refractivity contribution in [2.24, 2.45) is 0 Å². The predicted octanol–water partition coefficient (Wildman–Crippen LogP) is 3.75. The number of nitrogens with zero attached hydrogens (tertiary/aromatic N) is 2. The van der Waals surface area contributed by atoms with Crippen LogP contribution < -0.4 is 5.32 Å². The van der Waals surface area contributed by atoms with Gasteiger partial charge in [0.15, 0.2) is 0 Å². The molecule has 24 heavy (non-hydrogen) atoms. The first-order valence-electron chi connectivity index (χ1n) is 8.07. The standard InChI is InChI=1S/C19H21N3OS/c1-19(2)10-14-15(11-20)18(24)22-17(16(14)12-23-19)21-9-8-13-6-4-3-5-7-13/h3-7H,8-10,12H2,1-2H3,(H2,21,22,24). The Bertz CT molecular complexity index is 781. The van der Waals surface area contributed by atoms with E-state index in [4.69, 9.17) is 4.74 Å². The molecular formula is C19H21N3OS. The van der Waals surface area contributed by atoms with Crippen molar-refractivity contribution in [1.82, 2.24) is 4.98 Å². The Labute approximate surface area is 148 Å². The van der Waals surface area contributed by atoms with E-state index in [0.29, 0.717) is 23.6 Å². The minimum atomic E-state index is -0.276. The highest BCUT2D eigenvalue weighted by Gasteiger charge is 2.31. The smallest absolute Gasteiger partial charge is 0.133 e. The number of nitriles is 1. The van der Waals surface area contributed by atoms with Crippen molar-refractivity contribution >= 4 is 18.4 Å². The van der Waals surface area contributed by atoms with Gasteiger partial charge in [-0.3, -0.25) is 0 Å². The molecule has 0 spiro atoms. The van der Waals surface area contributed by atoms with E-state index in [1.807, 2.05) is 32.0 Å². The van der Waals surface area contributed by atoms with Crippen molar-refractivity contribution in [2.45, 2.75) is 43.9 Å². The van der Waals surface area contributed by atoms with Crippen LogP contribution in [0.3, 0.4) is 0 Å². The average molecular weight is 339 g/mol. The number of ether oxygens (including phenoxy) is 1. The van der Waals surface area contributed by atoms with Gasteiger partial charge in [0.05, 0.1) is 17.8 Å². The maximum Gasteiger partial charge on any atom is 0.133 e. The van der Waals surface area contributed by atoms with Crippen LogP contribution in [0.5, 0.6) is 0 Å². The summed E-state index contributed by atoms with van der Waals surface area (Å²) in [5.41, 5.74) is 3.56. The van der Waals surface area contributed by atoms with Gasteiger partial charge in [-0.1, -0.05) is 30.3 Å². The van der Waals surface area contributed by atoms with Crippen molar-refractivity contribution in [3.63, 3.8) is 0 Å². The van der Waals surface area contributed by atoms with Crippen molar-refractivity contribution in [1.29, 1.82) is 5.26 Å². The van der Waals surface area contributed by atoms with Gasteiger partial charge in [-0.2, -0.15) is 5.26 Å². The summed E-state index contributed by atoms with van der Waals surface area (Å²) in [6.45, 7) is 5.31. The van der Waals surface area contributed by atoms with Crippen molar-refractivity contribution in [3.8, 4) is 6.07 Å². The van der Waals surface area contributed by atoms with Crippen LogP contribution in [0.1, 0.15) is 36.1 Å². The summed E-state index contributed by atoms with van der Waals surface area (Å²) in [6.07, 6.45) is 1.60. The number of fused-ring (bicyclic) bond motifs is 1. The van der Waals surface area contributed by atoms with Crippen LogP contribution in [-0.4, -0.2) is 17.1 Å². The molecule has 4 nitrogen and oxygen atoms in total. The van der Waals surface area contributed by atoms with Crippen molar-refractivity contribution in [2.75, 3.05) is 11.9 Å². The Morgan fingerprint density at radius 2 is 2.04 bits per heavy atom. The molecule has 124 valence electrons. The second-order valence-electron chi connectivity index (χ2n) is 6.62. The van der Waals surface area contributed by atoms with Crippen LogP contribution >= 0.6 is 12.6 Å². The number of nitrogens with one attached hydrogen (secondary N) is 1. The third kappa shape index (κ3) is 3.55. The summed E-state index contributed by atoms with van der Waals surface area (Å²) < 4.78 is 5.92. The fourth-order valence-corrected chi connectivity index (χ4v) is 3.27. The van der Waals surface area contributed by atoms with Gasteiger partial charge in [0.2, 0.25) is 0 Å². The molecule has 0 amide bonds. The van der Waals surface area contributed by atoms with E-state index in [-0.39, 0.29) is 5.60 Å². The number of anilines is 1. The number of aromatic nitrogens is 1.